The smallest absolute Gasteiger partial charge is 0.150 e. The van der Waals surface area contributed by atoms with Gasteiger partial charge in [-0.15, -0.1) is 0 Å². The lowest BCUT2D eigenvalue weighted by Crippen LogP contribution is -2.61. The van der Waals surface area contributed by atoms with Gasteiger partial charge in [-0.2, -0.15) is 0 Å². The average molecular weight is 445 g/mol. The van der Waals surface area contributed by atoms with E-state index in [1.807, 2.05) is 18.2 Å². The van der Waals surface area contributed by atoms with Gasteiger partial charge in [0.05, 0.1) is 24.9 Å². The zero-order chi connectivity index (χ0) is 23.6. The number of nitrogens with one attached hydrogen (secondary N) is 2. The van der Waals surface area contributed by atoms with E-state index in [0.29, 0.717) is 47.0 Å². The number of fused-ring (bicyclic) bond motifs is 2. The van der Waals surface area contributed by atoms with Crippen LogP contribution in [0.3, 0.4) is 0 Å². The van der Waals surface area contributed by atoms with Crippen LogP contribution < -0.4 is 10.6 Å². The van der Waals surface area contributed by atoms with Crippen molar-refractivity contribution in [3.63, 3.8) is 0 Å². The van der Waals surface area contributed by atoms with Gasteiger partial charge in [-0.05, 0) is 54.6 Å². The minimum atomic E-state index is -1.09. The van der Waals surface area contributed by atoms with Crippen LogP contribution in [0.2, 0.25) is 0 Å². The molecule has 6 heteroatoms. The van der Waals surface area contributed by atoms with Crippen molar-refractivity contribution in [2.24, 2.45) is 29.1 Å². The summed E-state index contributed by atoms with van der Waals surface area (Å²) in [7, 11) is 0. The maximum Gasteiger partial charge on any atom is 0.150 e. The second-order valence-corrected chi connectivity index (χ2v) is 10.5. The summed E-state index contributed by atoms with van der Waals surface area (Å²) < 4.78 is 0. The number of carbonyl (C=O) groups excluding carboxylic acids is 1. The molecule has 3 aliphatic carbocycles. The van der Waals surface area contributed by atoms with E-state index in [2.05, 4.69) is 38.0 Å². The first-order valence-corrected chi connectivity index (χ1v) is 11.8. The Labute approximate surface area is 192 Å². The molecule has 3 fully saturated rings. The van der Waals surface area contributed by atoms with Crippen LogP contribution >= 0.6 is 0 Å². The van der Waals surface area contributed by atoms with Crippen molar-refractivity contribution in [2.45, 2.75) is 71.4 Å². The van der Waals surface area contributed by atoms with Crippen LogP contribution in [0.1, 0.15) is 56.5 Å². The number of hydrogen-bond donors (Lipinski definition) is 5. The molecule has 0 spiro atoms. The summed E-state index contributed by atoms with van der Waals surface area (Å²) in [4.78, 5) is 11.1. The van der Waals surface area contributed by atoms with Gasteiger partial charge in [0, 0.05) is 29.8 Å². The van der Waals surface area contributed by atoms with Gasteiger partial charge in [0.25, 0.3) is 0 Å². The van der Waals surface area contributed by atoms with Crippen LogP contribution in [0, 0.1) is 29.1 Å². The van der Waals surface area contributed by atoms with Crippen LogP contribution in [-0.2, 0) is 6.54 Å². The first-order valence-electron chi connectivity index (χ1n) is 11.8. The van der Waals surface area contributed by atoms with Crippen molar-refractivity contribution in [3.05, 3.63) is 47.7 Å². The Kier molecular flexibility index (Phi) is 7.81. The molecule has 0 aliphatic heterocycles. The quantitative estimate of drug-likeness (QED) is 0.336. The largest absolute Gasteiger partial charge is 0.394 e. The first-order chi connectivity index (χ1) is 15.1. The Balaban J connectivity index is 1.76. The Hall–Kier alpha value is -1.73. The predicted octanol–water partition coefficient (Wildman–Crippen LogP) is 2.48. The number of carbonyl (C=O) groups is 1. The maximum atomic E-state index is 11.1. The number of benzene rings is 1. The number of rotatable bonds is 11. The van der Waals surface area contributed by atoms with Crippen LogP contribution in [0.4, 0.5) is 0 Å². The van der Waals surface area contributed by atoms with Gasteiger partial charge in [0.1, 0.15) is 6.29 Å². The Morgan fingerprint density at radius 3 is 2.59 bits per heavy atom. The lowest BCUT2D eigenvalue weighted by molar-refractivity contribution is -0.114. The van der Waals surface area contributed by atoms with Crippen LogP contribution in [-0.4, -0.2) is 52.5 Å². The van der Waals surface area contributed by atoms with Crippen molar-refractivity contribution in [1.29, 1.82) is 0 Å². The molecule has 3 aliphatic rings. The molecule has 0 heterocycles. The third kappa shape index (κ3) is 4.93. The highest BCUT2D eigenvalue weighted by Gasteiger charge is 2.56. The summed E-state index contributed by atoms with van der Waals surface area (Å²) in [5.41, 5.74) is 2.61. The lowest BCUT2D eigenvalue weighted by Gasteiger charge is -2.62. The molecule has 0 amide bonds. The van der Waals surface area contributed by atoms with Gasteiger partial charge >= 0.3 is 0 Å². The normalized spacial score (nSPS) is 29.8. The summed E-state index contributed by atoms with van der Waals surface area (Å²) in [6, 6.07) is 7.14. The topological polar surface area (TPSA) is 102 Å². The zero-order valence-electron chi connectivity index (χ0n) is 19.8. The van der Waals surface area contributed by atoms with Gasteiger partial charge in [0.2, 0.25) is 0 Å². The summed E-state index contributed by atoms with van der Waals surface area (Å²) in [5.74, 6) is 1.24. The van der Waals surface area contributed by atoms with Crippen molar-refractivity contribution in [2.75, 3.05) is 6.61 Å². The molecule has 0 saturated heterocycles. The van der Waals surface area contributed by atoms with Gasteiger partial charge in [-0.25, -0.2) is 0 Å². The van der Waals surface area contributed by atoms with Gasteiger partial charge in [-0.3, -0.25) is 4.79 Å². The number of aliphatic hydroxyl groups excluding tert-OH is 3. The van der Waals surface area contributed by atoms with E-state index in [1.165, 1.54) is 6.42 Å². The summed E-state index contributed by atoms with van der Waals surface area (Å²) in [5, 5.41) is 37.6. The Morgan fingerprint density at radius 2 is 2.03 bits per heavy atom. The van der Waals surface area contributed by atoms with Crippen LogP contribution in [0.5, 0.6) is 0 Å². The molecule has 2 bridgehead atoms. The van der Waals surface area contributed by atoms with Crippen LogP contribution in [0.15, 0.2) is 36.5 Å². The summed E-state index contributed by atoms with van der Waals surface area (Å²) >= 11 is 0. The molecule has 3 saturated carbocycles. The molecule has 0 unspecified atom stereocenters. The molecule has 32 heavy (non-hydrogen) atoms. The number of hydrogen-bond acceptors (Lipinski definition) is 6. The maximum absolute atomic E-state index is 11.1. The molecule has 1 aromatic rings. The van der Waals surface area contributed by atoms with E-state index in [1.54, 1.807) is 13.0 Å². The zero-order valence-corrected chi connectivity index (χ0v) is 19.8. The third-order valence-corrected chi connectivity index (χ3v) is 8.29. The standard InChI is InChI=1S/C26H40N2O4/c1-15-21-10-20(26(21,4)5)11-22(15)28-16(2)25(24(17(3)31)23(32)14-30)27-12-18-7-6-8-19(9-18)13-29/h6-9,13,15,17,20-25,27-28,30-32H,2,10-12,14H2,1,3-5H3/t15-,17-,20+,21-,22-,23-,24+,25+/m0/s1. The van der Waals surface area contributed by atoms with Gasteiger partial charge in [-0.1, -0.05) is 45.5 Å². The molecule has 5 N–H and O–H groups in total. The van der Waals surface area contributed by atoms with Crippen molar-refractivity contribution < 1.29 is 20.1 Å². The van der Waals surface area contributed by atoms with E-state index < -0.39 is 30.8 Å². The highest BCUT2D eigenvalue weighted by Crippen LogP contribution is 2.61. The Morgan fingerprint density at radius 1 is 1.31 bits per heavy atom. The molecule has 1 aromatic carbocycles. The molecule has 4 rings (SSSR count). The highest BCUT2D eigenvalue weighted by atomic mass is 16.3. The third-order valence-electron chi connectivity index (χ3n) is 8.29. The minimum absolute atomic E-state index is 0.294. The summed E-state index contributed by atoms with van der Waals surface area (Å²) in [6.45, 7) is 12.9. The Bertz CT molecular complexity index is 809. The summed E-state index contributed by atoms with van der Waals surface area (Å²) in [6.07, 6.45) is 1.23. The fourth-order valence-electron chi connectivity index (χ4n) is 6.11. The molecule has 0 aromatic heterocycles. The fraction of sp³-hybridized carbons (Fsp3) is 0.654. The van der Waals surface area contributed by atoms with Crippen molar-refractivity contribution in [1.82, 2.24) is 10.6 Å². The van der Waals surface area contributed by atoms with Gasteiger partial charge in [0.15, 0.2) is 0 Å². The van der Waals surface area contributed by atoms with Crippen LogP contribution in [0.25, 0.3) is 0 Å². The number of aldehydes is 1. The van der Waals surface area contributed by atoms with Crippen molar-refractivity contribution in [3.8, 4) is 0 Å². The van der Waals surface area contributed by atoms with E-state index in [9.17, 15) is 20.1 Å². The monoisotopic (exact) mass is 444 g/mol. The second-order valence-electron chi connectivity index (χ2n) is 10.5. The molecule has 8 atom stereocenters. The number of aliphatic hydroxyl groups is 3. The second kappa shape index (κ2) is 10.0. The fourth-order valence-corrected chi connectivity index (χ4v) is 6.11. The van der Waals surface area contributed by atoms with E-state index in [4.69, 9.17) is 0 Å². The van der Waals surface area contributed by atoms with Gasteiger partial charge < -0.3 is 26.0 Å². The average Bonchev–Trinajstić information content (AvgIpc) is 2.76. The highest BCUT2D eigenvalue weighted by molar-refractivity contribution is 5.74. The SMILES string of the molecule is C=C(N[C@H]1C[C@H]2C[C@@H]([C@@H]1C)C2(C)C)[C@@H](NCc1cccc(C=O)c1)[C@H]([C@H](C)O)[C@@H](O)CO. The van der Waals surface area contributed by atoms with Crippen molar-refractivity contribution >= 4 is 6.29 Å². The lowest BCUT2D eigenvalue weighted by atomic mass is 9.44. The molecule has 178 valence electrons. The predicted molar refractivity (Wildman–Crippen MR) is 126 cm³/mol. The molecule has 0 radical (unpaired) electrons. The molecular formula is C26H40N2O4. The molecule has 6 nitrogen and oxygen atoms in total. The van der Waals surface area contributed by atoms with E-state index in [-0.39, 0.29) is 0 Å². The minimum Gasteiger partial charge on any atom is -0.394 e. The van der Waals surface area contributed by atoms with E-state index >= 15 is 0 Å². The first kappa shape index (κ1) is 24.9. The molecular weight excluding hydrogens is 404 g/mol. The van der Waals surface area contributed by atoms with E-state index in [0.717, 1.165) is 18.3 Å².